The molecule has 3 heteroatoms. The Morgan fingerprint density at radius 2 is 0.893 bits per heavy atom. The molecule has 0 bridgehead atoms. The molecule has 0 unspecified atom stereocenters. The molecule has 1 spiro atoms. The van der Waals surface area contributed by atoms with E-state index in [1.807, 2.05) is 12.1 Å². The van der Waals surface area contributed by atoms with Crippen LogP contribution < -0.4 is 0 Å². The maximum Gasteiger partial charge on any atom is 0.160 e. The predicted octanol–water partition coefficient (Wildman–Crippen LogP) is 12.9. The zero-order valence-corrected chi connectivity index (χ0v) is 30.4. The van der Waals surface area contributed by atoms with Crippen LogP contribution in [0, 0.1) is 0 Å². The Balaban J connectivity index is 1.09. The van der Waals surface area contributed by atoms with Gasteiger partial charge in [0.05, 0.1) is 27.8 Å². The lowest BCUT2D eigenvalue weighted by Gasteiger charge is -2.30. The van der Waals surface area contributed by atoms with E-state index in [0.717, 1.165) is 33.8 Å². The number of fused-ring (bicyclic) bond motifs is 14. The third-order valence-electron chi connectivity index (χ3n) is 12.0. The van der Waals surface area contributed by atoms with Crippen molar-refractivity contribution in [2.75, 3.05) is 0 Å². The molecule has 10 aromatic rings. The van der Waals surface area contributed by atoms with Crippen LogP contribution in [0.15, 0.2) is 200 Å². The molecule has 0 saturated heterocycles. The average molecular weight is 712 g/mol. The lowest BCUT2D eigenvalue weighted by atomic mass is 9.70. The Hall–Kier alpha value is -7.36. The lowest BCUT2D eigenvalue weighted by molar-refractivity contribution is 0.794. The first-order valence-corrected chi connectivity index (χ1v) is 19.3. The van der Waals surface area contributed by atoms with Crippen molar-refractivity contribution in [1.29, 1.82) is 0 Å². The minimum Gasteiger partial charge on any atom is -0.309 e. The monoisotopic (exact) mass is 711 g/mol. The van der Waals surface area contributed by atoms with E-state index in [1.165, 1.54) is 66.3 Å². The lowest BCUT2D eigenvalue weighted by Crippen LogP contribution is -2.25. The summed E-state index contributed by atoms with van der Waals surface area (Å²) in [6.45, 7) is 0. The molecule has 56 heavy (non-hydrogen) atoms. The molecule has 2 aliphatic carbocycles. The molecule has 0 atom stereocenters. The summed E-state index contributed by atoms with van der Waals surface area (Å²) >= 11 is 0. The van der Waals surface area contributed by atoms with Crippen molar-refractivity contribution in [3.8, 4) is 61.8 Å². The zero-order chi connectivity index (χ0) is 36.8. The SMILES string of the molecule is c1ccc(-c2cc(-c3ccccc3)nc(-c3ccc(-n4c5ccccc5c5ccc6c(c54)-c4ccccc4C64c5ccccc5-c5ccccc54)cc3)n2)cc1. The topological polar surface area (TPSA) is 30.7 Å². The number of hydrogen-bond acceptors (Lipinski definition) is 2. The van der Waals surface area contributed by atoms with Gasteiger partial charge in [-0.15, -0.1) is 0 Å². The van der Waals surface area contributed by atoms with Gasteiger partial charge in [-0.1, -0.05) is 164 Å². The number of hydrogen-bond donors (Lipinski definition) is 0. The Bertz CT molecular complexity index is 3070. The van der Waals surface area contributed by atoms with Crippen LogP contribution in [-0.4, -0.2) is 14.5 Å². The predicted molar refractivity (Wildman–Crippen MR) is 229 cm³/mol. The highest BCUT2D eigenvalue weighted by Gasteiger charge is 2.52. The summed E-state index contributed by atoms with van der Waals surface area (Å²) in [5.74, 6) is 0.703. The van der Waals surface area contributed by atoms with Gasteiger partial charge in [-0.2, -0.15) is 0 Å². The van der Waals surface area contributed by atoms with Gasteiger partial charge in [-0.25, -0.2) is 9.97 Å². The van der Waals surface area contributed by atoms with Gasteiger partial charge >= 0.3 is 0 Å². The number of rotatable bonds is 4. The fourth-order valence-corrected chi connectivity index (χ4v) is 9.75. The minimum absolute atomic E-state index is 0.407. The summed E-state index contributed by atoms with van der Waals surface area (Å²) in [7, 11) is 0. The first-order chi connectivity index (χ1) is 27.8. The highest BCUT2D eigenvalue weighted by Crippen LogP contribution is 2.64. The van der Waals surface area contributed by atoms with Crippen molar-refractivity contribution in [3.63, 3.8) is 0 Å². The van der Waals surface area contributed by atoms with E-state index in [2.05, 4.69) is 193 Å². The molecule has 2 heterocycles. The van der Waals surface area contributed by atoms with Crippen molar-refractivity contribution in [3.05, 3.63) is 222 Å². The van der Waals surface area contributed by atoms with E-state index in [-0.39, 0.29) is 0 Å². The van der Waals surface area contributed by atoms with Gasteiger partial charge in [0, 0.05) is 38.7 Å². The Labute approximate surface area is 324 Å². The van der Waals surface area contributed by atoms with E-state index >= 15 is 0 Å². The van der Waals surface area contributed by atoms with Crippen LogP contribution in [0.3, 0.4) is 0 Å². The van der Waals surface area contributed by atoms with Gasteiger partial charge in [-0.3, -0.25) is 0 Å². The number of aromatic nitrogens is 3. The van der Waals surface area contributed by atoms with Crippen LogP contribution in [0.1, 0.15) is 22.3 Å². The molecule has 0 radical (unpaired) electrons. The molecule has 2 aromatic heterocycles. The van der Waals surface area contributed by atoms with E-state index in [4.69, 9.17) is 9.97 Å². The standard InChI is InChI=1S/C53H33N3/c1-3-15-34(16-4-1)47-33-48(35-17-5-2-6-18-35)55-52(54-47)36-27-29-37(30-28-36)56-49-26-14-10-21-40(49)41-31-32-46-50(51(41)56)42-22-9-13-25-45(42)53(46)43-23-11-7-19-38(43)39-20-8-12-24-44(39)53/h1-33H. The molecule has 0 saturated carbocycles. The van der Waals surface area contributed by atoms with Gasteiger partial charge < -0.3 is 4.57 Å². The molecule has 0 aliphatic heterocycles. The normalized spacial score (nSPS) is 13.1. The highest BCUT2D eigenvalue weighted by molar-refractivity contribution is 6.16. The highest BCUT2D eigenvalue weighted by atomic mass is 15.0. The smallest absolute Gasteiger partial charge is 0.160 e. The maximum atomic E-state index is 5.12. The quantitative estimate of drug-likeness (QED) is 0.182. The molecule has 0 amide bonds. The van der Waals surface area contributed by atoms with Crippen LogP contribution in [0.4, 0.5) is 0 Å². The maximum absolute atomic E-state index is 5.12. The van der Waals surface area contributed by atoms with Gasteiger partial charge in [-0.05, 0) is 75.3 Å². The molecule has 3 nitrogen and oxygen atoms in total. The van der Waals surface area contributed by atoms with Crippen LogP contribution >= 0.6 is 0 Å². The van der Waals surface area contributed by atoms with Crippen LogP contribution in [0.2, 0.25) is 0 Å². The van der Waals surface area contributed by atoms with Crippen LogP contribution in [-0.2, 0) is 5.41 Å². The third kappa shape index (κ3) is 4.22. The molecule has 8 aromatic carbocycles. The second-order valence-electron chi connectivity index (χ2n) is 14.9. The first-order valence-electron chi connectivity index (χ1n) is 19.3. The molecule has 0 N–H and O–H groups in total. The van der Waals surface area contributed by atoms with E-state index in [0.29, 0.717) is 5.82 Å². The number of nitrogens with zero attached hydrogens (tertiary/aromatic N) is 3. The van der Waals surface area contributed by atoms with E-state index < -0.39 is 5.41 Å². The second-order valence-corrected chi connectivity index (χ2v) is 14.9. The van der Waals surface area contributed by atoms with Crippen molar-refractivity contribution in [2.45, 2.75) is 5.41 Å². The summed E-state index contributed by atoms with van der Waals surface area (Å²) in [5.41, 5.74) is 18.6. The molecule has 12 rings (SSSR count). The summed E-state index contributed by atoms with van der Waals surface area (Å²) < 4.78 is 2.48. The van der Waals surface area contributed by atoms with Gasteiger partial charge in [0.25, 0.3) is 0 Å². The molecule has 0 fully saturated rings. The Morgan fingerprint density at radius 1 is 0.375 bits per heavy atom. The van der Waals surface area contributed by atoms with E-state index in [9.17, 15) is 0 Å². The average Bonchev–Trinajstić information content (AvgIpc) is 3.89. The van der Waals surface area contributed by atoms with Crippen molar-refractivity contribution < 1.29 is 0 Å². The molecule has 260 valence electrons. The first kappa shape index (κ1) is 31.0. The summed E-state index contributed by atoms with van der Waals surface area (Å²) in [6.07, 6.45) is 0. The summed E-state index contributed by atoms with van der Waals surface area (Å²) in [5, 5.41) is 2.49. The molecular formula is C53H33N3. The molecule has 2 aliphatic rings. The van der Waals surface area contributed by atoms with Crippen molar-refractivity contribution >= 4 is 21.8 Å². The number of benzene rings is 8. The Morgan fingerprint density at radius 3 is 1.52 bits per heavy atom. The van der Waals surface area contributed by atoms with Crippen molar-refractivity contribution in [1.82, 2.24) is 14.5 Å². The van der Waals surface area contributed by atoms with Gasteiger partial charge in [0.15, 0.2) is 5.82 Å². The van der Waals surface area contributed by atoms with Gasteiger partial charge in [0.1, 0.15) is 0 Å². The van der Waals surface area contributed by atoms with E-state index in [1.54, 1.807) is 0 Å². The summed E-state index contributed by atoms with van der Waals surface area (Å²) in [4.78, 5) is 10.2. The second kappa shape index (κ2) is 11.8. The fraction of sp³-hybridized carbons (Fsp3) is 0.0189. The number of para-hydroxylation sites is 1. The fourth-order valence-electron chi connectivity index (χ4n) is 9.75. The third-order valence-corrected chi connectivity index (χ3v) is 12.0. The van der Waals surface area contributed by atoms with Crippen molar-refractivity contribution in [2.24, 2.45) is 0 Å². The summed E-state index contributed by atoms with van der Waals surface area (Å²) in [6, 6.07) is 72.4. The molecular weight excluding hydrogens is 679 g/mol. The minimum atomic E-state index is -0.407. The zero-order valence-electron chi connectivity index (χ0n) is 30.4. The Kier molecular flexibility index (Phi) is 6.55. The van der Waals surface area contributed by atoms with Crippen LogP contribution in [0.5, 0.6) is 0 Å². The largest absolute Gasteiger partial charge is 0.309 e. The van der Waals surface area contributed by atoms with Gasteiger partial charge in [0.2, 0.25) is 0 Å². The van der Waals surface area contributed by atoms with Crippen LogP contribution in [0.25, 0.3) is 83.6 Å².